The number of nitrogens with zero attached hydrogens (tertiary/aromatic N) is 2. The Kier molecular flexibility index (Phi) is 3.59. The van der Waals surface area contributed by atoms with E-state index in [1.165, 1.54) is 25.8 Å². The maximum Gasteiger partial charge on any atom is 0.185 e. The van der Waals surface area contributed by atoms with E-state index in [2.05, 4.69) is 22.2 Å². The van der Waals surface area contributed by atoms with Gasteiger partial charge in [0.25, 0.3) is 0 Å². The molecule has 1 aromatic heterocycles. The first-order valence-electron chi connectivity index (χ1n) is 5.73. The summed E-state index contributed by atoms with van der Waals surface area (Å²) in [7, 11) is 0. The third-order valence-corrected chi connectivity index (χ3v) is 4.07. The van der Waals surface area contributed by atoms with Crippen molar-refractivity contribution in [2.24, 2.45) is 11.7 Å². The predicted molar refractivity (Wildman–Crippen MR) is 65.2 cm³/mol. The van der Waals surface area contributed by atoms with Crippen LogP contribution in [0.25, 0.3) is 0 Å². The highest BCUT2D eigenvalue weighted by Gasteiger charge is 2.20. The minimum absolute atomic E-state index is 0.557. The minimum atomic E-state index is 0.557. The second kappa shape index (κ2) is 4.94. The first kappa shape index (κ1) is 10.9. The van der Waals surface area contributed by atoms with Gasteiger partial charge >= 0.3 is 0 Å². The standard InChI is InChI=1S/C11H19N3S/c1-2-9-4-3-5-14(7-9)11-13-10(6-12)8-15-11/h8-9H,2-7,12H2,1H3. The van der Waals surface area contributed by atoms with E-state index >= 15 is 0 Å². The molecule has 1 aromatic rings. The van der Waals surface area contributed by atoms with E-state index in [1.807, 2.05) is 0 Å². The average Bonchev–Trinajstić information content (AvgIpc) is 2.78. The van der Waals surface area contributed by atoms with Crippen molar-refractivity contribution in [2.75, 3.05) is 18.0 Å². The number of nitrogens with two attached hydrogens (primary N) is 1. The summed E-state index contributed by atoms with van der Waals surface area (Å²) in [6, 6.07) is 0. The van der Waals surface area contributed by atoms with Gasteiger partial charge in [-0.1, -0.05) is 13.3 Å². The molecule has 15 heavy (non-hydrogen) atoms. The molecule has 0 saturated carbocycles. The molecule has 1 fully saturated rings. The van der Waals surface area contributed by atoms with Crippen molar-refractivity contribution in [3.8, 4) is 0 Å². The van der Waals surface area contributed by atoms with Crippen LogP contribution in [0.5, 0.6) is 0 Å². The minimum Gasteiger partial charge on any atom is -0.348 e. The van der Waals surface area contributed by atoms with Crippen LogP contribution in [0.15, 0.2) is 5.38 Å². The Morgan fingerprint density at radius 3 is 3.20 bits per heavy atom. The van der Waals surface area contributed by atoms with Gasteiger partial charge in [-0.2, -0.15) is 0 Å². The summed E-state index contributed by atoms with van der Waals surface area (Å²) < 4.78 is 0. The van der Waals surface area contributed by atoms with Gasteiger partial charge in [-0.15, -0.1) is 11.3 Å². The largest absolute Gasteiger partial charge is 0.348 e. The first-order valence-corrected chi connectivity index (χ1v) is 6.61. The van der Waals surface area contributed by atoms with E-state index in [1.54, 1.807) is 11.3 Å². The lowest BCUT2D eigenvalue weighted by atomic mass is 9.96. The summed E-state index contributed by atoms with van der Waals surface area (Å²) in [4.78, 5) is 6.96. The van der Waals surface area contributed by atoms with Gasteiger partial charge in [-0.05, 0) is 18.8 Å². The van der Waals surface area contributed by atoms with Crippen LogP contribution in [0.3, 0.4) is 0 Å². The third-order valence-electron chi connectivity index (χ3n) is 3.12. The van der Waals surface area contributed by atoms with Crippen LogP contribution < -0.4 is 10.6 Å². The summed E-state index contributed by atoms with van der Waals surface area (Å²) in [6.07, 6.45) is 3.96. The lowest BCUT2D eigenvalue weighted by Gasteiger charge is -2.31. The van der Waals surface area contributed by atoms with Gasteiger partial charge in [0.2, 0.25) is 0 Å². The number of rotatable bonds is 3. The van der Waals surface area contributed by atoms with Crippen molar-refractivity contribution < 1.29 is 0 Å². The number of thiazole rings is 1. The van der Waals surface area contributed by atoms with Gasteiger partial charge in [0.1, 0.15) is 0 Å². The smallest absolute Gasteiger partial charge is 0.185 e. The lowest BCUT2D eigenvalue weighted by Crippen LogP contribution is -2.35. The molecule has 84 valence electrons. The predicted octanol–water partition coefficient (Wildman–Crippen LogP) is 2.23. The fourth-order valence-electron chi connectivity index (χ4n) is 2.11. The Balaban J connectivity index is 2.03. The molecule has 1 unspecified atom stereocenters. The van der Waals surface area contributed by atoms with Gasteiger partial charge in [0.05, 0.1) is 5.69 Å². The Bertz CT molecular complexity index is 311. The molecule has 0 amide bonds. The molecule has 1 aliphatic heterocycles. The van der Waals surface area contributed by atoms with E-state index in [-0.39, 0.29) is 0 Å². The summed E-state index contributed by atoms with van der Waals surface area (Å²) in [6.45, 7) is 5.17. The normalized spacial score (nSPS) is 22.0. The summed E-state index contributed by atoms with van der Waals surface area (Å²) in [5, 5.41) is 3.24. The molecule has 2 N–H and O–H groups in total. The highest BCUT2D eigenvalue weighted by molar-refractivity contribution is 7.13. The van der Waals surface area contributed by atoms with Crippen molar-refractivity contribution in [2.45, 2.75) is 32.7 Å². The molecule has 0 aromatic carbocycles. The maximum atomic E-state index is 5.57. The van der Waals surface area contributed by atoms with Gasteiger partial charge in [-0.25, -0.2) is 4.98 Å². The van der Waals surface area contributed by atoms with Gasteiger partial charge in [0, 0.05) is 25.0 Å². The number of anilines is 1. The van der Waals surface area contributed by atoms with Crippen molar-refractivity contribution in [1.82, 2.24) is 4.98 Å². The summed E-state index contributed by atoms with van der Waals surface area (Å²) >= 11 is 1.73. The second-order valence-electron chi connectivity index (χ2n) is 4.19. The lowest BCUT2D eigenvalue weighted by molar-refractivity contribution is 0.404. The van der Waals surface area contributed by atoms with Crippen LogP contribution in [0.1, 0.15) is 31.9 Å². The molecule has 4 heteroatoms. The van der Waals surface area contributed by atoms with E-state index in [4.69, 9.17) is 5.73 Å². The fraction of sp³-hybridized carbons (Fsp3) is 0.727. The van der Waals surface area contributed by atoms with Crippen molar-refractivity contribution in [3.63, 3.8) is 0 Å². The molecule has 1 aliphatic rings. The van der Waals surface area contributed by atoms with Gasteiger partial charge in [-0.3, -0.25) is 0 Å². The highest BCUT2D eigenvalue weighted by Crippen LogP contribution is 2.27. The number of piperidine rings is 1. The quantitative estimate of drug-likeness (QED) is 0.857. The van der Waals surface area contributed by atoms with Crippen LogP contribution >= 0.6 is 11.3 Å². The molecule has 1 saturated heterocycles. The zero-order valence-electron chi connectivity index (χ0n) is 9.28. The molecule has 3 nitrogen and oxygen atoms in total. The number of hydrogen-bond acceptors (Lipinski definition) is 4. The van der Waals surface area contributed by atoms with Crippen LogP contribution in [0.2, 0.25) is 0 Å². The molecule has 2 heterocycles. The van der Waals surface area contributed by atoms with Crippen LogP contribution in [-0.4, -0.2) is 18.1 Å². The van der Waals surface area contributed by atoms with E-state index in [0.717, 1.165) is 23.3 Å². The van der Waals surface area contributed by atoms with E-state index < -0.39 is 0 Å². The van der Waals surface area contributed by atoms with Crippen LogP contribution in [0.4, 0.5) is 5.13 Å². The zero-order valence-corrected chi connectivity index (χ0v) is 10.1. The third kappa shape index (κ3) is 2.49. The highest BCUT2D eigenvalue weighted by atomic mass is 32.1. The Morgan fingerprint density at radius 2 is 2.53 bits per heavy atom. The van der Waals surface area contributed by atoms with Crippen molar-refractivity contribution in [1.29, 1.82) is 0 Å². The molecule has 0 radical (unpaired) electrons. The van der Waals surface area contributed by atoms with Crippen LogP contribution in [0, 0.1) is 5.92 Å². The second-order valence-corrected chi connectivity index (χ2v) is 5.02. The first-order chi connectivity index (χ1) is 7.33. The van der Waals surface area contributed by atoms with Gasteiger partial charge in [0.15, 0.2) is 5.13 Å². The van der Waals surface area contributed by atoms with Gasteiger partial charge < -0.3 is 10.6 Å². The topological polar surface area (TPSA) is 42.2 Å². The number of hydrogen-bond donors (Lipinski definition) is 1. The van der Waals surface area contributed by atoms with E-state index in [0.29, 0.717) is 6.54 Å². The SMILES string of the molecule is CCC1CCCN(c2nc(CN)cs2)C1. The molecular weight excluding hydrogens is 206 g/mol. The monoisotopic (exact) mass is 225 g/mol. The van der Waals surface area contributed by atoms with Crippen molar-refractivity contribution >= 4 is 16.5 Å². The molecule has 1 atom stereocenters. The van der Waals surface area contributed by atoms with Crippen LogP contribution in [-0.2, 0) is 6.54 Å². The Morgan fingerprint density at radius 1 is 1.67 bits per heavy atom. The maximum absolute atomic E-state index is 5.57. The summed E-state index contributed by atoms with van der Waals surface area (Å²) in [5.74, 6) is 0.851. The van der Waals surface area contributed by atoms with Crippen molar-refractivity contribution in [3.05, 3.63) is 11.1 Å². The fourth-order valence-corrected chi connectivity index (χ4v) is 2.98. The number of aromatic nitrogens is 1. The molecular formula is C11H19N3S. The summed E-state index contributed by atoms with van der Waals surface area (Å²) in [5.41, 5.74) is 6.59. The molecule has 2 rings (SSSR count). The Labute approximate surface area is 95.3 Å². The molecule has 0 spiro atoms. The zero-order chi connectivity index (χ0) is 10.7. The van der Waals surface area contributed by atoms with E-state index in [9.17, 15) is 0 Å². The Hall–Kier alpha value is -0.610. The molecule has 0 bridgehead atoms. The molecule has 0 aliphatic carbocycles. The average molecular weight is 225 g/mol.